The molecule has 120 valence electrons. The van der Waals surface area contributed by atoms with Crippen LogP contribution in [0, 0.1) is 5.41 Å². The standard InChI is InChI=1S/C16H29N3O2/c1-7-9-17-13-10-12(11-20-6)18-15(19-13)14(21-8-2)16(3,4)5/h10,14H,7-9,11H2,1-6H3,(H,17,18,19). The lowest BCUT2D eigenvalue weighted by atomic mass is 9.88. The molecule has 1 N–H and O–H groups in total. The number of aromatic nitrogens is 2. The molecular formula is C16H29N3O2. The molecule has 1 aromatic heterocycles. The zero-order valence-corrected chi connectivity index (χ0v) is 14.2. The maximum atomic E-state index is 5.89. The number of rotatable bonds is 8. The van der Waals surface area contributed by atoms with Crippen LogP contribution in [0.4, 0.5) is 5.82 Å². The maximum Gasteiger partial charge on any atom is 0.160 e. The van der Waals surface area contributed by atoms with E-state index in [0.717, 1.165) is 30.3 Å². The quantitative estimate of drug-likeness (QED) is 0.794. The molecule has 1 aromatic rings. The Morgan fingerprint density at radius 2 is 1.95 bits per heavy atom. The van der Waals surface area contributed by atoms with Crippen LogP contribution in [-0.2, 0) is 16.1 Å². The summed E-state index contributed by atoms with van der Waals surface area (Å²) in [7, 11) is 1.67. The van der Waals surface area contributed by atoms with Gasteiger partial charge in [0.2, 0.25) is 0 Å². The van der Waals surface area contributed by atoms with E-state index in [-0.39, 0.29) is 11.5 Å². The van der Waals surface area contributed by atoms with Crippen molar-refractivity contribution >= 4 is 5.82 Å². The lowest BCUT2D eigenvalue weighted by molar-refractivity contribution is -0.0193. The number of anilines is 1. The summed E-state index contributed by atoms with van der Waals surface area (Å²) in [4.78, 5) is 9.25. The topological polar surface area (TPSA) is 56.3 Å². The minimum absolute atomic E-state index is 0.0657. The second kappa shape index (κ2) is 8.29. The van der Waals surface area contributed by atoms with Gasteiger partial charge in [-0.3, -0.25) is 0 Å². The van der Waals surface area contributed by atoms with Crippen LogP contribution in [0.5, 0.6) is 0 Å². The summed E-state index contributed by atoms with van der Waals surface area (Å²) in [5.74, 6) is 1.56. The van der Waals surface area contributed by atoms with Crippen molar-refractivity contribution in [1.29, 1.82) is 0 Å². The SMILES string of the molecule is CCCNc1cc(COC)nc(C(OCC)C(C)(C)C)n1. The number of hydrogen-bond acceptors (Lipinski definition) is 5. The zero-order valence-electron chi connectivity index (χ0n) is 14.2. The number of ether oxygens (including phenoxy) is 2. The third kappa shape index (κ3) is 5.59. The Morgan fingerprint density at radius 3 is 2.48 bits per heavy atom. The summed E-state index contributed by atoms with van der Waals surface area (Å²) in [5, 5.41) is 3.32. The van der Waals surface area contributed by atoms with E-state index in [4.69, 9.17) is 9.47 Å². The first-order valence-corrected chi connectivity index (χ1v) is 7.64. The van der Waals surface area contributed by atoms with Crippen molar-refractivity contribution in [3.05, 3.63) is 17.6 Å². The number of hydrogen-bond donors (Lipinski definition) is 1. The monoisotopic (exact) mass is 295 g/mol. The van der Waals surface area contributed by atoms with Gasteiger partial charge in [0.1, 0.15) is 11.9 Å². The third-order valence-corrected chi connectivity index (χ3v) is 3.00. The van der Waals surface area contributed by atoms with Crippen LogP contribution in [0.25, 0.3) is 0 Å². The van der Waals surface area contributed by atoms with E-state index in [0.29, 0.717) is 13.2 Å². The van der Waals surface area contributed by atoms with Gasteiger partial charge in [0, 0.05) is 26.3 Å². The number of nitrogens with one attached hydrogen (secondary N) is 1. The normalized spacial score (nSPS) is 13.2. The first kappa shape index (κ1) is 17.9. The third-order valence-electron chi connectivity index (χ3n) is 3.00. The van der Waals surface area contributed by atoms with Crippen molar-refractivity contribution in [2.24, 2.45) is 5.41 Å². The maximum absolute atomic E-state index is 5.89. The van der Waals surface area contributed by atoms with Crippen LogP contribution in [0.2, 0.25) is 0 Å². The van der Waals surface area contributed by atoms with Crippen LogP contribution >= 0.6 is 0 Å². The van der Waals surface area contributed by atoms with Gasteiger partial charge in [0.15, 0.2) is 5.82 Å². The Bertz CT molecular complexity index is 430. The van der Waals surface area contributed by atoms with E-state index in [1.54, 1.807) is 7.11 Å². The van der Waals surface area contributed by atoms with Crippen molar-refractivity contribution in [3.8, 4) is 0 Å². The van der Waals surface area contributed by atoms with Gasteiger partial charge < -0.3 is 14.8 Å². The van der Waals surface area contributed by atoms with E-state index >= 15 is 0 Å². The summed E-state index contributed by atoms with van der Waals surface area (Å²) < 4.78 is 11.1. The van der Waals surface area contributed by atoms with Crippen LogP contribution in [0.1, 0.15) is 58.7 Å². The summed E-state index contributed by atoms with van der Waals surface area (Å²) in [5.41, 5.74) is 0.805. The largest absolute Gasteiger partial charge is 0.378 e. The van der Waals surface area contributed by atoms with E-state index in [9.17, 15) is 0 Å². The van der Waals surface area contributed by atoms with Crippen molar-refractivity contribution in [3.63, 3.8) is 0 Å². The van der Waals surface area contributed by atoms with Gasteiger partial charge in [-0.1, -0.05) is 27.7 Å². The van der Waals surface area contributed by atoms with Crippen LogP contribution in [-0.4, -0.2) is 30.2 Å². The lowest BCUT2D eigenvalue weighted by Gasteiger charge is -2.29. The fourth-order valence-electron chi connectivity index (χ4n) is 2.08. The van der Waals surface area contributed by atoms with Gasteiger partial charge in [0.25, 0.3) is 0 Å². The van der Waals surface area contributed by atoms with Gasteiger partial charge in [0.05, 0.1) is 12.3 Å². The predicted octanol–water partition coefficient (Wildman–Crippen LogP) is 3.57. The minimum Gasteiger partial charge on any atom is -0.378 e. The molecule has 1 atom stereocenters. The van der Waals surface area contributed by atoms with Gasteiger partial charge in [-0.2, -0.15) is 0 Å². The molecule has 0 aliphatic rings. The van der Waals surface area contributed by atoms with E-state index in [2.05, 4.69) is 43.0 Å². The molecule has 1 heterocycles. The molecule has 0 fully saturated rings. The Balaban J connectivity index is 3.14. The molecule has 0 aliphatic heterocycles. The fourth-order valence-corrected chi connectivity index (χ4v) is 2.08. The Hall–Kier alpha value is -1.20. The molecule has 5 heteroatoms. The average molecular weight is 295 g/mol. The smallest absolute Gasteiger partial charge is 0.160 e. The molecule has 0 bridgehead atoms. The van der Waals surface area contributed by atoms with Gasteiger partial charge >= 0.3 is 0 Å². The van der Waals surface area contributed by atoms with Crippen LogP contribution in [0.3, 0.4) is 0 Å². The molecule has 1 rings (SSSR count). The molecule has 5 nitrogen and oxygen atoms in total. The summed E-state index contributed by atoms with van der Waals surface area (Å²) in [6, 6.07) is 1.94. The molecular weight excluding hydrogens is 266 g/mol. The van der Waals surface area contributed by atoms with E-state index in [1.807, 2.05) is 13.0 Å². The Kier molecular flexibility index (Phi) is 7.05. The van der Waals surface area contributed by atoms with Crippen LogP contribution in [0.15, 0.2) is 6.07 Å². The molecule has 0 radical (unpaired) electrons. The molecule has 0 aromatic carbocycles. The second-order valence-corrected chi connectivity index (χ2v) is 6.16. The summed E-state index contributed by atoms with van der Waals surface area (Å²) >= 11 is 0. The summed E-state index contributed by atoms with van der Waals surface area (Å²) in [6.45, 7) is 12.5. The Labute approximate surface area is 128 Å². The molecule has 0 amide bonds. The Morgan fingerprint density at radius 1 is 1.24 bits per heavy atom. The highest BCUT2D eigenvalue weighted by Gasteiger charge is 2.30. The van der Waals surface area contributed by atoms with Crippen LogP contribution < -0.4 is 5.32 Å². The fraction of sp³-hybridized carbons (Fsp3) is 0.750. The lowest BCUT2D eigenvalue weighted by Crippen LogP contribution is -2.24. The minimum atomic E-state index is -0.138. The molecule has 0 aliphatic carbocycles. The second-order valence-electron chi connectivity index (χ2n) is 6.16. The average Bonchev–Trinajstić information content (AvgIpc) is 2.41. The highest BCUT2D eigenvalue weighted by Crippen LogP contribution is 2.34. The zero-order chi connectivity index (χ0) is 15.9. The molecule has 1 unspecified atom stereocenters. The molecule has 0 saturated heterocycles. The van der Waals surface area contributed by atoms with Crippen molar-refractivity contribution in [2.45, 2.75) is 53.8 Å². The van der Waals surface area contributed by atoms with Gasteiger partial charge in [-0.05, 0) is 18.8 Å². The molecule has 0 spiro atoms. The van der Waals surface area contributed by atoms with Crippen molar-refractivity contribution < 1.29 is 9.47 Å². The number of nitrogens with zero attached hydrogens (tertiary/aromatic N) is 2. The van der Waals surface area contributed by atoms with Gasteiger partial charge in [-0.25, -0.2) is 9.97 Å². The van der Waals surface area contributed by atoms with Crippen molar-refractivity contribution in [1.82, 2.24) is 9.97 Å². The van der Waals surface area contributed by atoms with E-state index in [1.165, 1.54) is 0 Å². The first-order chi connectivity index (χ1) is 9.92. The highest BCUT2D eigenvalue weighted by atomic mass is 16.5. The number of methoxy groups -OCH3 is 1. The first-order valence-electron chi connectivity index (χ1n) is 7.64. The van der Waals surface area contributed by atoms with Crippen molar-refractivity contribution in [2.75, 3.05) is 25.6 Å². The predicted molar refractivity (Wildman–Crippen MR) is 85.3 cm³/mol. The molecule has 0 saturated carbocycles. The van der Waals surface area contributed by atoms with Gasteiger partial charge in [-0.15, -0.1) is 0 Å². The van der Waals surface area contributed by atoms with E-state index < -0.39 is 0 Å². The highest BCUT2D eigenvalue weighted by molar-refractivity contribution is 5.36. The summed E-state index contributed by atoms with van der Waals surface area (Å²) in [6.07, 6.45) is 0.911. The molecule has 21 heavy (non-hydrogen) atoms.